The van der Waals surface area contributed by atoms with E-state index in [9.17, 15) is 0 Å². The molecule has 0 unspecified atom stereocenters. The Bertz CT molecular complexity index is 655. The molecule has 0 amide bonds. The molecule has 0 aliphatic carbocycles. The number of benzene rings is 2. The van der Waals surface area contributed by atoms with E-state index in [1.165, 1.54) is 5.69 Å². The first-order valence-corrected chi connectivity index (χ1v) is 8.02. The first kappa shape index (κ1) is 15.3. The van der Waals surface area contributed by atoms with Gasteiger partial charge in [0.05, 0.1) is 12.1 Å². The molecule has 3 rings (SSSR count). The molecule has 3 nitrogen and oxygen atoms in total. The minimum atomic E-state index is 0.650. The summed E-state index contributed by atoms with van der Waals surface area (Å²) >= 11 is 12.3. The number of rotatable bonds is 3. The summed E-state index contributed by atoms with van der Waals surface area (Å²) in [4.78, 5) is 4.69. The molecule has 2 aromatic carbocycles. The lowest BCUT2D eigenvalue weighted by Crippen LogP contribution is -2.46. The van der Waals surface area contributed by atoms with Crippen molar-refractivity contribution in [3.63, 3.8) is 0 Å². The van der Waals surface area contributed by atoms with Crippen LogP contribution in [0.15, 0.2) is 42.5 Å². The third-order valence-electron chi connectivity index (χ3n) is 3.95. The molecule has 2 aromatic rings. The van der Waals surface area contributed by atoms with Gasteiger partial charge in [0.15, 0.2) is 0 Å². The molecule has 1 fully saturated rings. The first-order valence-electron chi connectivity index (χ1n) is 7.26. The largest absolute Gasteiger partial charge is 0.495 e. The summed E-state index contributed by atoms with van der Waals surface area (Å²) in [6.45, 7) is 3.83. The second-order valence-electron chi connectivity index (χ2n) is 5.27. The Balaban J connectivity index is 1.68. The number of nitrogens with zero attached hydrogens (tertiary/aromatic N) is 2. The minimum Gasteiger partial charge on any atom is -0.495 e. The maximum absolute atomic E-state index is 6.21. The van der Waals surface area contributed by atoms with Crippen LogP contribution < -0.4 is 14.5 Å². The van der Waals surface area contributed by atoms with Gasteiger partial charge < -0.3 is 14.5 Å². The van der Waals surface area contributed by atoms with E-state index in [1.807, 2.05) is 30.3 Å². The second kappa shape index (κ2) is 6.67. The molecule has 0 atom stereocenters. The zero-order chi connectivity index (χ0) is 15.5. The lowest BCUT2D eigenvalue weighted by molar-refractivity contribution is 0.415. The Labute approximate surface area is 141 Å². The van der Waals surface area contributed by atoms with Crippen molar-refractivity contribution < 1.29 is 4.74 Å². The van der Waals surface area contributed by atoms with Gasteiger partial charge in [-0.2, -0.15) is 0 Å². The van der Waals surface area contributed by atoms with E-state index in [-0.39, 0.29) is 0 Å². The summed E-state index contributed by atoms with van der Waals surface area (Å²) in [6.07, 6.45) is 0. The van der Waals surface area contributed by atoms with Gasteiger partial charge in [-0.3, -0.25) is 0 Å². The molecule has 0 saturated carbocycles. The summed E-state index contributed by atoms with van der Waals surface area (Å²) < 4.78 is 5.20. The molecule has 0 N–H and O–H groups in total. The second-order valence-corrected chi connectivity index (χ2v) is 6.12. The fraction of sp³-hybridized carbons (Fsp3) is 0.294. The van der Waals surface area contributed by atoms with Crippen molar-refractivity contribution in [3.8, 4) is 5.75 Å². The Morgan fingerprint density at radius 1 is 0.864 bits per heavy atom. The predicted octanol–water partition coefficient (Wildman–Crippen LogP) is 4.33. The summed E-state index contributed by atoms with van der Waals surface area (Å²) in [6, 6.07) is 14.0. The van der Waals surface area contributed by atoms with Crippen molar-refractivity contribution in [1.29, 1.82) is 0 Å². The summed E-state index contributed by atoms with van der Waals surface area (Å²) in [5, 5.41) is 1.43. The topological polar surface area (TPSA) is 15.7 Å². The van der Waals surface area contributed by atoms with Gasteiger partial charge in [0, 0.05) is 42.6 Å². The van der Waals surface area contributed by atoms with Crippen LogP contribution in [0.3, 0.4) is 0 Å². The van der Waals surface area contributed by atoms with Gasteiger partial charge in [-0.25, -0.2) is 0 Å². The molecule has 1 aliphatic rings. The standard InChI is InChI=1S/C17H18Cl2N2O/c1-22-17-6-5-15(12-16(17)19)21-9-7-20(8-10-21)14-4-2-3-13(18)11-14/h2-6,11-12H,7-10H2,1H3. The summed E-state index contributed by atoms with van der Waals surface area (Å²) in [5.41, 5.74) is 2.32. The minimum absolute atomic E-state index is 0.650. The molecular weight excluding hydrogens is 319 g/mol. The normalized spacial score (nSPS) is 15.0. The molecule has 0 radical (unpaired) electrons. The number of hydrogen-bond acceptors (Lipinski definition) is 3. The molecule has 1 heterocycles. The molecule has 0 bridgehead atoms. The molecule has 116 valence electrons. The maximum Gasteiger partial charge on any atom is 0.137 e. The van der Waals surface area contributed by atoms with Gasteiger partial charge in [-0.1, -0.05) is 29.3 Å². The number of methoxy groups -OCH3 is 1. The van der Waals surface area contributed by atoms with E-state index >= 15 is 0 Å². The van der Waals surface area contributed by atoms with Crippen molar-refractivity contribution in [3.05, 3.63) is 52.5 Å². The lowest BCUT2D eigenvalue weighted by Gasteiger charge is -2.37. The Morgan fingerprint density at radius 2 is 1.50 bits per heavy atom. The Kier molecular flexibility index (Phi) is 4.65. The molecule has 1 saturated heterocycles. The van der Waals surface area contributed by atoms with E-state index in [1.54, 1.807) is 7.11 Å². The molecule has 22 heavy (non-hydrogen) atoms. The van der Waals surface area contributed by atoms with Gasteiger partial charge in [0.2, 0.25) is 0 Å². The van der Waals surface area contributed by atoms with Crippen LogP contribution in [0.4, 0.5) is 11.4 Å². The zero-order valence-corrected chi connectivity index (χ0v) is 13.9. The molecule has 0 spiro atoms. The zero-order valence-electron chi connectivity index (χ0n) is 12.4. The Morgan fingerprint density at radius 3 is 2.05 bits per heavy atom. The van der Waals surface area contributed by atoms with E-state index in [4.69, 9.17) is 27.9 Å². The van der Waals surface area contributed by atoms with Crippen LogP contribution in [0, 0.1) is 0 Å². The van der Waals surface area contributed by atoms with E-state index in [2.05, 4.69) is 21.9 Å². The third kappa shape index (κ3) is 3.26. The van der Waals surface area contributed by atoms with Crippen LogP contribution in [-0.4, -0.2) is 33.3 Å². The molecule has 1 aliphatic heterocycles. The van der Waals surface area contributed by atoms with E-state index < -0.39 is 0 Å². The summed E-state index contributed by atoms with van der Waals surface area (Å²) in [7, 11) is 1.63. The smallest absolute Gasteiger partial charge is 0.137 e. The highest BCUT2D eigenvalue weighted by molar-refractivity contribution is 6.32. The maximum atomic E-state index is 6.21. The molecular formula is C17H18Cl2N2O. The number of piperazine rings is 1. The van der Waals surface area contributed by atoms with Gasteiger partial charge in [-0.15, -0.1) is 0 Å². The van der Waals surface area contributed by atoms with Crippen molar-refractivity contribution in [2.24, 2.45) is 0 Å². The third-order valence-corrected chi connectivity index (χ3v) is 4.48. The van der Waals surface area contributed by atoms with E-state index in [0.717, 1.165) is 36.9 Å². The predicted molar refractivity (Wildman–Crippen MR) is 93.9 cm³/mol. The highest BCUT2D eigenvalue weighted by Crippen LogP contribution is 2.30. The first-order chi connectivity index (χ1) is 10.7. The average molecular weight is 337 g/mol. The highest BCUT2D eigenvalue weighted by Gasteiger charge is 2.18. The van der Waals surface area contributed by atoms with Crippen molar-refractivity contribution in [2.45, 2.75) is 0 Å². The van der Waals surface area contributed by atoms with Crippen molar-refractivity contribution >= 4 is 34.6 Å². The lowest BCUT2D eigenvalue weighted by atomic mass is 10.2. The van der Waals surface area contributed by atoms with Crippen LogP contribution >= 0.6 is 23.2 Å². The fourth-order valence-corrected chi connectivity index (χ4v) is 3.18. The van der Waals surface area contributed by atoms with Crippen LogP contribution in [0.5, 0.6) is 5.75 Å². The van der Waals surface area contributed by atoms with Crippen LogP contribution in [0.25, 0.3) is 0 Å². The van der Waals surface area contributed by atoms with Gasteiger partial charge in [0.1, 0.15) is 5.75 Å². The quantitative estimate of drug-likeness (QED) is 0.829. The van der Waals surface area contributed by atoms with Crippen molar-refractivity contribution in [2.75, 3.05) is 43.1 Å². The highest BCUT2D eigenvalue weighted by atomic mass is 35.5. The summed E-state index contributed by atoms with van der Waals surface area (Å²) in [5.74, 6) is 0.711. The van der Waals surface area contributed by atoms with Gasteiger partial charge in [-0.05, 0) is 36.4 Å². The number of hydrogen-bond donors (Lipinski definition) is 0. The van der Waals surface area contributed by atoms with E-state index in [0.29, 0.717) is 10.8 Å². The van der Waals surface area contributed by atoms with Crippen LogP contribution in [0.1, 0.15) is 0 Å². The van der Waals surface area contributed by atoms with Gasteiger partial charge in [0.25, 0.3) is 0 Å². The monoisotopic (exact) mass is 336 g/mol. The fourth-order valence-electron chi connectivity index (χ4n) is 2.75. The van der Waals surface area contributed by atoms with Gasteiger partial charge >= 0.3 is 0 Å². The molecule has 0 aromatic heterocycles. The number of halogens is 2. The molecule has 5 heteroatoms. The van der Waals surface area contributed by atoms with Crippen LogP contribution in [0.2, 0.25) is 10.0 Å². The SMILES string of the molecule is COc1ccc(N2CCN(c3cccc(Cl)c3)CC2)cc1Cl. The Hall–Kier alpha value is -1.58. The average Bonchev–Trinajstić information content (AvgIpc) is 2.55. The number of ether oxygens (including phenoxy) is 1. The van der Waals surface area contributed by atoms with Crippen LogP contribution in [-0.2, 0) is 0 Å². The number of anilines is 2. The van der Waals surface area contributed by atoms with Crippen molar-refractivity contribution in [1.82, 2.24) is 0 Å².